The fraction of sp³-hybridized carbons (Fsp3) is 0.318. The highest BCUT2D eigenvalue weighted by molar-refractivity contribution is 7.90. The number of nitrogens with zero attached hydrogens (tertiary/aromatic N) is 4. The molecule has 2 aromatic heterocycles. The van der Waals surface area contributed by atoms with Crippen LogP contribution in [0.4, 0.5) is 9.18 Å². The van der Waals surface area contributed by atoms with Gasteiger partial charge >= 0.3 is 6.09 Å². The van der Waals surface area contributed by atoms with E-state index in [1.165, 1.54) is 30.1 Å². The Morgan fingerprint density at radius 3 is 2.52 bits per heavy atom. The number of amides is 1. The molecule has 2 atom stereocenters. The minimum Gasteiger partial charge on any atom is -0.474 e. The van der Waals surface area contributed by atoms with Crippen LogP contribution in [0, 0.1) is 5.82 Å². The van der Waals surface area contributed by atoms with E-state index >= 15 is 0 Å². The summed E-state index contributed by atoms with van der Waals surface area (Å²) in [6.45, 7) is 0. The average molecular weight is 472 g/mol. The predicted octanol–water partition coefficient (Wildman–Crippen LogP) is 2.88. The first kappa shape index (κ1) is 21.4. The maximum atomic E-state index is 14.8. The summed E-state index contributed by atoms with van der Waals surface area (Å²) >= 11 is 0. The molecule has 2 bridgehead atoms. The number of sulfone groups is 1. The Kier molecular flexibility index (Phi) is 5.08. The zero-order chi connectivity index (χ0) is 23.3. The van der Waals surface area contributed by atoms with Crippen LogP contribution in [0.3, 0.4) is 0 Å². The highest BCUT2D eigenvalue weighted by Gasteiger charge is 2.41. The molecule has 4 heterocycles. The lowest BCUT2D eigenvalue weighted by Gasteiger charge is -2.37. The number of carbonyl (C=O) groups is 1. The van der Waals surface area contributed by atoms with Gasteiger partial charge in [0.05, 0.1) is 35.2 Å². The van der Waals surface area contributed by atoms with Crippen molar-refractivity contribution in [1.82, 2.24) is 19.4 Å². The van der Waals surface area contributed by atoms with Gasteiger partial charge in [-0.25, -0.2) is 27.6 Å². The van der Waals surface area contributed by atoms with E-state index < -0.39 is 15.7 Å². The van der Waals surface area contributed by atoms with Crippen molar-refractivity contribution in [2.45, 2.75) is 35.9 Å². The highest BCUT2D eigenvalue weighted by Crippen LogP contribution is 2.35. The number of aromatic nitrogens is 3. The summed E-state index contributed by atoms with van der Waals surface area (Å²) in [5, 5.41) is 0.597. The minimum absolute atomic E-state index is 0.0969. The number of hydrogen-bond acceptors (Lipinski definition) is 7. The third-order valence-corrected chi connectivity index (χ3v) is 7.10. The second kappa shape index (κ2) is 7.84. The minimum atomic E-state index is -3.52. The Balaban J connectivity index is 1.42. The van der Waals surface area contributed by atoms with Gasteiger partial charge in [0.2, 0.25) is 5.88 Å². The van der Waals surface area contributed by atoms with E-state index in [4.69, 9.17) is 9.47 Å². The molecular formula is C22H21FN4O5S. The van der Waals surface area contributed by atoms with E-state index in [1.807, 2.05) is 12.2 Å². The van der Waals surface area contributed by atoms with Crippen LogP contribution in [0.5, 0.6) is 5.88 Å². The number of piperidine rings is 1. The molecule has 0 aliphatic carbocycles. The molecule has 0 N–H and O–H groups in total. The average Bonchev–Trinajstić information content (AvgIpc) is 3.32. The van der Waals surface area contributed by atoms with E-state index in [1.54, 1.807) is 17.2 Å². The topological polar surface area (TPSA) is 104 Å². The third kappa shape index (κ3) is 3.71. The van der Waals surface area contributed by atoms with E-state index in [2.05, 4.69) is 9.97 Å². The lowest BCUT2D eigenvalue weighted by atomic mass is 9.99. The standard InChI is InChI=1S/C22H21FN4O5S/c1-31-22(28)27-13-3-4-14(27)10-15(9-13)32-21-17-7-8-26(20(17)24-12-25-21)19-6-5-16(11-18(19)23)33(2,29)30/h3-8,11-15H,9-10H2,1-2H3. The molecule has 9 nitrogen and oxygen atoms in total. The van der Waals surface area contributed by atoms with Crippen LogP contribution in [-0.4, -0.2) is 65.5 Å². The molecule has 33 heavy (non-hydrogen) atoms. The van der Waals surface area contributed by atoms with Crippen molar-refractivity contribution in [1.29, 1.82) is 0 Å². The molecule has 0 saturated carbocycles. The summed E-state index contributed by atoms with van der Waals surface area (Å²) in [5.41, 5.74) is 0.592. The van der Waals surface area contributed by atoms with Gasteiger partial charge in [-0.15, -0.1) is 0 Å². The smallest absolute Gasteiger partial charge is 0.410 e. The van der Waals surface area contributed by atoms with Gasteiger partial charge in [-0.1, -0.05) is 12.2 Å². The molecule has 1 amide bonds. The van der Waals surface area contributed by atoms with E-state index in [9.17, 15) is 17.6 Å². The first-order valence-corrected chi connectivity index (χ1v) is 12.2. The molecule has 1 fully saturated rings. The lowest BCUT2D eigenvalue weighted by Crippen LogP contribution is -2.49. The molecule has 11 heteroatoms. The van der Waals surface area contributed by atoms with Crippen molar-refractivity contribution in [3.63, 3.8) is 0 Å². The Morgan fingerprint density at radius 1 is 1.15 bits per heavy atom. The quantitative estimate of drug-likeness (QED) is 0.538. The van der Waals surface area contributed by atoms with Crippen molar-refractivity contribution < 1.29 is 27.1 Å². The molecule has 2 unspecified atom stereocenters. The van der Waals surface area contributed by atoms with Gasteiger partial charge in [0, 0.05) is 25.3 Å². The van der Waals surface area contributed by atoms with Crippen molar-refractivity contribution in [2.75, 3.05) is 13.4 Å². The van der Waals surface area contributed by atoms with Gasteiger partial charge in [0.25, 0.3) is 0 Å². The van der Waals surface area contributed by atoms with E-state index in [0.29, 0.717) is 29.8 Å². The van der Waals surface area contributed by atoms with Crippen LogP contribution in [-0.2, 0) is 14.6 Å². The Bertz CT molecular complexity index is 1370. The largest absolute Gasteiger partial charge is 0.474 e. The van der Waals surface area contributed by atoms with E-state index in [0.717, 1.165) is 12.3 Å². The van der Waals surface area contributed by atoms with Crippen molar-refractivity contribution in [2.24, 2.45) is 0 Å². The molecule has 2 aliphatic heterocycles. The molecule has 0 radical (unpaired) electrons. The maximum Gasteiger partial charge on any atom is 0.410 e. The van der Waals surface area contributed by atoms with Crippen LogP contribution >= 0.6 is 0 Å². The second-order valence-electron chi connectivity index (χ2n) is 8.10. The van der Waals surface area contributed by atoms with Crippen LogP contribution < -0.4 is 4.74 Å². The summed E-state index contributed by atoms with van der Waals surface area (Å²) in [5.74, 6) is -0.322. The molecule has 1 saturated heterocycles. The first-order valence-electron chi connectivity index (χ1n) is 10.3. The molecular weight excluding hydrogens is 451 g/mol. The van der Waals surface area contributed by atoms with Gasteiger partial charge in [0.15, 0.2) is 15.5 Å². The monoisotopic (exact) mass is 472 g/mol. The number of carbonyl (C=O) groups excluding carboxylic acids is 1. The Hall–Kier alpha value is -3.47. The number of rotatable bonds is 4. The molecule has 1 aromatic carbocycles. The maximum absolute atomic E-state index is 14.8. The zero-order valence-electron chi connectivity index (χ0n) is 17.9. The molecule has 0 spiro atoms. The molecule has 172 valence electrons. The van der Waals surface area contributed by atoms with Gasteiger partial charge in [0.1, 0.15) is 18.2 Å². The van der Waals surface area contributed by atoms with E-state index in [-0.39, 0.29) is 34.9 Å². The highest BCUT2D eigenvalue weighted by atomic mass is 32.2. The van der Waals surface area contributed by atoms with Crippen LogP contribution in [0.15, 0.2) is 53.8 Å². The number of methoxy groups -OCH3 is 1. The molecule has 5 rings (SSSR count). The van der Waals surface area contributed by atoms with Crippen molar-refractivity contribution in [3.05, 3.63) is 54.8 Å². The number of halogens is 1. The Labute approximate surface area is 189 Å². The van der Waals surface area contributed by atoms with Gasteiger partial charge in [-0.2, -0.15) is 0 Å². The predicted molar refractivity (Wildman–Crippen MR) is 117 cm³/mol. The summed E-state index contributed by atoms with van der Waals surface area (Å²) in [6, 6.07) is 5.27. The molecule has 3 aromatic rings. The van der Waals surface area contributed by atoms with Crippen molar-refractivity contribution in [3.8, 4) is 11.6 Å². The SMILES string of the molecule is COC(=O)N1C2C=CC1CC(Oc1ncnc3c1ccn3-c1ccc(S(C)(=O)=O)cc1F)C2. The van der Waals surface area contributed by atoms with Crippen LogP contribution in [0.1, 0.15) is 12.8 Å². The zero-order valence-corrected chi connectivity index (χ0v) is 18.7. The first-order chi connectivity index (χ1) is 15.8. The number of fused-ring (bicyclic) bond motifs is 3. The summed E-state index contributed by atoms with van der Waals surface area (Å²) in [4.78, 5) is 22.2. The second-order valence-corrected chi connectivity index (χ2v) is 10.1. The summed E-state index contributed by atoms with van der Waals surface area (Å²) in [7, 11) is -2.16. The number of benzene rings is 1. The van der Waals surface area contributed by atoms with Crippen molar-refractivity contribution >= 4 is 27.0 Å². The normalized spacial score (nSPS) is 22.0. The summed E-state index contributed by atoms with van der Waals surface area (Å²) < 4.78 is 50.8. The van der Waals surface area contributed by atoms with Crippen LogP contribution in [0.2, 0.25) is 0 Å². The fourth-order valence-corrected chi connectivity index (χ4v) is 5.10. The Morgan fingerprint density at radius 2 is 1.88 bits per heavy atom. The lowest BCUT2D eigenvalue weighted by molar-refractivity contribution is 0.0476. The fourth-order valence-electron chi connectivity index (χ4n) is 4.47. The number of hydrogen-bond donors (Lipinski definition) is 0. The van der Waals surface area contributed by atoms with Gasteiger partial charge < -0.3 is 9.47 Å². The van der Waals surface area contributed by atoms with Gasteiger partial charge in [-0.3, -0.25) is 9.47 Å². The van der Waals surface area contributed by atoms with Gasteiger partial charge in [-0.05, 0) is 24.3 Å². The third-order valence-electron chi connectivity index (χ3n) is 5.99. The van der Waals surface area contributed by atoms with Crippen LogP contribution in [0.25, 0.3) is 16.7 Å². The molecule has 2 aliphatic rings. The summed E-state index contributed by atoms with van der Waals surface area (Å²) in [6.07, 6.45) is 8.62. The number of ether oxygens (including phenoxy) is 2.